The second-order valence-corrected chi connectivity index (χ2v) is 8.04. The number of rotatable bonds is 5. The zero-order valence-corrected chi connectivity index (χ0v) is 16.3. The van der Waals surface area contributed by atoms with Crippen LogP contribution in [-0.4, -0.2) is 23.3 Å². The minimum Gasteiger partial charge on any atom is -0.347 e. The van der Waals surface area contributed by atoms with Crippen LogP contribution < -0.4 is 5.32 Å². The van der Waals surface area contributed by atoms with E-state index < -0.39 is 0 Å². The molecule has 4 rings (SSSR count). The molecule has 1 aromatic heterocycles. The molecule has 0 atom stereocenters. The van der Waals surface area contributed by atoms with E-state index in [1.807, 2.05) is 53.4 Å². The highest BCUT2D eigenvalue weighted by atomic mass is 35.5. The number of hydrogen-bond acceptors (Lipinski definition) is 3. The van der Waals surface area contributed by atoms with Crippen molar-refractivity contribution in [1.29, 1.82) is 0 Å². The number of fused-ring (bicyclic) bond motifs is 1. The molecule has 1 fully saturated rings. The fraction of sp³-hybridized carbons (Fsp3) is 0.238. The van der Waals surface area contributed by atoms with Crippen molar-refractivity contribution in [2.75, 3.05) is 6.54 Å². The molecule has 2 heterocycles. The molecular formula is C21H19ClN2O2S. The van der Waals surface area contributed by atoms with Crippen LogP contribution in [0.3, 0.4) is 0 Å². The fourth-order valence-electron chi connectivity index (χ4n) is 3.38. The number of halogens is 1. The molecule has 0 unspecified atom stereocenters. The number of benzene rings is 2. The van der Waals surface area contributed by atoms with Crippen LogP contribution in [0.15, 0.2) is 48.5 Å². The molecule has 0 saturated carbocycles. The Morgan fingerprint density at radius 2 is 1.85 bits per heavy atom. The van der Waals surface area contributed by atoms with E-state index in [0.717, 1.165) is 34.2 Å². The second-order valence-electron chi connectivity index (χ2n) is 6.61. The first kappa shape index (κ1) is 18.0. The number of thiophene rings is 1. The van der Waals surface area contributed by atoms with E-state index in [2.05, 4.69) is 5.32 Å². The SMILES string of the molecule is O=C(NCc1ccccc1CN1CCCC1=O)c1sc2ccccc2c1Cl. The Kier molecular flexibility index (Phi) is 5.14. The zero-order valence-electron chi connectivity index (χ0n) is 14.7. The minimum atomic E-state index is -0.173. The van der Waals surface area contributed by atoms with Crippen molar-refractivity contribution in [3.8, 4) is 0 Å². The van der Waals surface area contributed by atoms with Gasteiger partial charge in [0.2, 0.25) is 5.91 Å². The van der Waals surface area contributed by atoms with Gasteiger partial charge < -0.3 is 10.2 Å². The number of nitrogens with one attached hydrogen (secondary N) is 1. The standard InChI is InChI=1S/C21H19ClN2O2S/c22-19-16-8-3-4-9-17(16)27-20(19)21(26)23-12-14-6-1-2-7-15(14)13-24-11-5-10-18(24)25/h1-4,6-9H,5,10-13H2,(H,23,26). The molecule has 4 nitrogen and oxygen atoms in total. The Hall–Kier alpha value is -2.37. The third kappa shape index (κ3) is 3.70. The molecule has 2 aromatic carbocycles. The summed E-state index contributed by atoms with van der Waals surface area (Å²) < 4.78 is 1.00. The van der Waals surface area contributed by atoms with E-state index >= 15 is 0 Å². The van der Waals surface area contributed by atoms with Crippen LogP contribution in [0, 0.1) is 0 Å². The van der Waals surface area contributed by atoms with Crippen molar-refractivity contribution in [3.05, 3.63) is 69.6 Å². The van der Waals surface area contributed by atoms with Gasteiger partial charge in [-0.2, -0.15) is 0 Å². The lowest BCUT2D eigenvalue weighted by molar-refractivity contribution is -0.128. The summed E-state index contributed by atoms with van der Waals surface area (Å²) in [6.45, 7) is 1.80. The van der Waals surface area contributed by atoms with Crippen LogP contribution in [0.1, 0.15) is 33.6 Å². The van der Waals surface area contributed by atoms with E-state index in [9.17, 15) is 9.59 Å². The van der Waals surface area contributed by atoms with Gasteiger partial charge in [0.25, 0.3) is 5.91 Å². The van der Waals surface area contributed by atoms with E-state index in [4.69, 9.17) is 11.6 Å². The summed E-state index contributed by atoms with van der Waals surface area (Å²) in [7, 11) is 0. The van der Waals surface area contributed by atoms with Crippen LogP contribution in [0.25, 0.3) is 10.1 Å². The maximum Gasteiger partial charge on any atom is 0.263 e. The summed E-state index contributed by atoms with van der Waals surface area (Å²) >= 11 is 7.80. The highest BCUT2D eigenvalue weighted by Crippen LogP contribution is 2.35. The largest absolute Gasteiger partial charge is 0.347 e. The molecule has 0 aliphatic carbocycles. The molecule has 0 bridgehead atoms. The van der Waals surface area contributed by atoms with Gasteiger partial charge in [-0.05, 0) is 23.6 Å². The molecule has 3 aromatic rings. The van der Waals surface area contributed by atoms with Crippen LogP contribution >= 0.6 is 22.9 Å². The van der Waals surface area contributed by atoms with Gasteiger partial charge in [0.15, 0.2) is 0 Å². The number of likely N-dealkylation sites (tertiary alicyclic amines) is 1. The monoisotopic (exact) mass is 398 g/mol. The molecule has 0 radical (unpaired) electrons. The summed E-state index contributed by atoms with van der Waals surface area (Å²) in [5.41, 5.74) is 2.08. The molecular weight excluding hydrogens is 380 g/mol. The molecule has 0 spiro atoms. The first-order chi connectivity index (χ1) is 13.1. The van der Waals surface area contributed by atoms with E-state index in [1.54, 1.807) is 0 Å². The molecule has 1 aliphatic heterocycles. The lowest BCUT2D eigenvalue weighted by Crippen LogP contribution is -2.26. The van der Waals surface area contributed by atoms with Crippen LogP contribution in [-0.2, 0) is 17.9 Å². The Morgan fingerprint density at radius 1 is 1.11 bits per heavy atom. The summed E-state index contributed by atoms with van der Waals surface area (Å²) in [4.78, 5) is 27.0. The predicted molar refractivity (Wildman–Crippen MR) is 109 cm³/mol. The first-order valence-corrected chi connectivity index (χ1v) is 10.1. The van der Waals surface area contributed by atoms with Gasteiger partial charge >= 0.3 is 0 Å². The Bertz CT molecular complexity index is 1010. The molecule has 1 saturated heterocycles. The maximum absolute atomic E-state index is 12.7. The Balaban J connectivity index is 1.49. The Labute approximate surface area is 166 Å². The molecule has 1 aliphatic rings. The van der Waals surface area contributed by atoms with Crippen molar-refractivity contribution < 1.29 is 9.59 Å². The van der Waals surface area contributed by atoms with E-state index in [0.29, 0.717) is 29.4 Å². The topological polar surface area (TPSA) is 49.4 Å². The van der Waals surface area contributed by atoms with Crippen LogP contribution in [0.5, 0.6) is 0 Å². The smallest absolute Gasteiger partial charge is 0.263 e. The third-order valence-corrected chi connectivity index (χ3v) is 6.51. The summed E-state index contributed by atoms with van der Waals surface area (Å²) in [6, 6.07) is 15.7. The van der Waals surface area contributed by atoms with E-state index in [1.165, 1.54) is 11.3 Å². The van der Waals surface area contributed by atoms with Crippen LogP contribution in [0.2, 0.25) is 5.02 Å². The van der Waals surface area contributed by atoms with Crippen molar-refractivity contribution in [1.82, 2.24) is 10.2 Å². The summed E-state index contributed by atoms with van der Waals surface area (Å²) in [6.07, 6.45) is 1.55. The van der Waals surface area contributed by atoms with Gasteiger partial charge in [-0.3, -0.25) is 9.59 Å². The quantitative estimate of drug-likeness (QED) is 0.682. The van der Waals surface area contributed by atoms with Gasteiger partial charge in [-0.25, -0.2) is 0 Å². The van der Waals surface area contributed by atoms with Crippen molar-refractivity contribution >= 4 is 44.8 Å². The highest BCUT2D eigenvalue weighted by molar-refractivity contribution is 7.21. The minimum absolute atomic E-state index is 0.173. The van der Waals surface area contributed by atoms with Gasteiger partial charge in [-0.15, -0.1) is 11.3 Å². The van der Waals surface area contributed by atoms with Gasteiger partial charge in [0.05, 0.1) is 5.02 Å². The van der Waals surface area contributed by atoms with Crippen molar-refractivity contribution in [2.45, 2.75) is 25.9 Å². The lowest BCUT2D eigenvalue weighted by Gasteiger charge is -2.18. The maximum atomic E-state index is 12.7. The zero-order chi connectivity index (χ0) is 18.8. The van der Waals surface area contributed by atoms with Gasteiger partial charge in [0, 0.05) is 36.1 Å². The molecule has 27 heavy (non-hydrogen) atoms. The van der Waals surface area contributed by atoms with Crippen LogP contribution in [0.4, 0.5) is 0 Å². The molecule has 1 N–H and O–H groups in total. The first-order valence-electron chi connectivity index (χ1n) is 8.93. The average Bonchev–Trinajstić information content (AvgIpc) is 3.24. The Morgan fingerprint density at radius 3 is 2.59 bits per heavy atom. The predicted octanol–water partition coefficient (Wildman–Crippen LogP) is 4.61. The number of hydrogen-bond donors (Lipinski definition) is 1. The average molecular weight is 399 g/mol. The summed E-state index contributed by atoms with van der Waals surface area (Å²) in [5, 5.41) is 4.39. The van der Waals surface area contributed by atoms with Gasteiger partial charge in [0.1, 0.15) is 4.88 Å². The lowest BCUT2D eigenvalue weighted by atomic mass is 10.1. The highest BCUT2D eigenvalue weighted by Gasteiger charge is 2.21. The van der Waals surface area contributed by atoms with Gasteiger partial charge in [-0.1, -0.05) is 54.1 Å². The molecule has 2 amide bonds. The molecule has 6 heteroatoms. The summed E-state index contributed by atoms with van der Waals surface area (Å²) in [5.74, 6) is 0.0270. The second kappa shape index (κ2) is 7.71. The third-order valence-electron chi connectivity index (χ3n) is 4.83. The van der Waals surface area contributed by atoms with E-state index in [-0.39, 0.29) is 11.8 Å². The molecule has 138 valence electrons. The number of carbonyl (C=O) groups excluding carboxylic acids is 2. The van der Waals surface area contributed by atoms with Crippen molar-refractivity contribution in [2.24, 2.45) is 0 Å². The number of carbonyl (C=O) groups is 2. The number of nitrogens with zero attached hydrogens (tertiary/aromatic N) is 1. The normalized spacial score (nSPS) is 14.1. The number of amides is 2. The fourth-order valence-corrected chi connectivity index (χ4v) is 4.81. The van der Waals surface area contributed by atoms with Crippen molar-refractivity contribution in [3.63, 3.8) is 0 Å².